The van der Waals surface area contributed by atoms with Crippen LogP contribution in [0.3, 0.4) is 0 Å². The number of benzene rings is 1. The lowest BCUT2D eigenvalue weighted by Gasteiger charge is -2.02. The van der Waals surface area contributed by atoms with Gasteiger partial charge in [-0.2, -0.15) is 0 Å². The molecular formula is C12H14N2O. The Morgan fingerprint density at radius 3 is 2.80 bits per heavy atom. The second-order valence-corrected chi connectivity index (χ2v) is 4.41. The minimum atomic E-state index is 0.554. The van der Waals surface area contributed by atoms with Gasteiger partial charge in [-0.1, -0.05) is 0 Å². The first-order chi connectivity index (χ1) is 7.16. The number of oxazole rings is 1. The highest BCUT2D eigenvalue weighted by Gasteiger charge is 2.29. The molecule has 1 aliphatic carbocycles. The SMILES string of the molecule is Cc1cc2oc(C3CC3)nc2c(C)c1N. The first-order valence-electron chi connectivity index (χ1n) is 5.33. The van der Waals surface area contributed by atoms with Gasteiger partial charge in [0.25, 0.3) is 0 Å². The van der Waals surface area contributed by atoms with Crippen LogP contribution in [-0.4, -0.2) is 4.98 Å². The van der Waals surface area contributed by atoms with E-state index in [0.29, 0.717) is 5.92 Å². The van der Waals surface area contributed by atoms with Gasteiger partial charge in [0.1, 0.15) is 5.52 Å². The van der Waals surface area contributed by atoms with E-state index in [9.17, 15) is 0 Å². The molecule has 1 heterocycles. The van der Waals surface area contributed by atoms with E-state index in [-0.39, 0.29) is 0 Å². The number of fused-ring (bicyclic) bond motifs is 1. The van der Waals surface area contributed by atoms with Crippen LogP contribution in [0.4, 0.5) is 5.69 Å². The number of aryl methyl sites for hydroxylation is 2. The van der Waals surface area contributed by atoms with Crippen LogP contribution in [0, 0.1) is 13.8 Å². The lowest BCUT2D eigenvalue weighted by molar-refractivity contribution is 0.533. The highest BCUT2D eigenvalue weighted by atomic mass is 16.3. The lowest BCUT2D eigenvalue weighted by atomic mass is 10.1. The maximum Gasteiger partial charge on any atom is 0.198 e. The number of hydrogen-bond acceptors (Lipinski definition) is 3. The summed E-state index contributed by atoms with van der Waals surface area (Å²) in [5.41, 5.74) is 10.7. The number of anilines is 1. The second kappa shape index (κ2) is 2.75. The van der Waals surface area contributed by atoms with Crippen molar-refractivity contribution < 1.29 is 4.42 Å². The van der Waals surface area contributed by atoms with Crippen LogP contribution in [0.15, 0.2) is 10.5 Å². The van der Waals surface area contributed by atoms with E-state index in [0.717, 1.165) is 33.8 Å². The molecule has 0 atom stereocenters. The largest absolute Gasteiger partial charge is 0.440 e. The molecule has 1 aromatic carbocycles. The number of rotatable bonds is 1. The quantitative estimate of drug-likeness (QED) is 0.723. The van der Waals surface area contributed by atoms with Gasteiger partial charge in [-0.05, 0) is 38.3 Å². The number of nitrogen functional groups attached to an aromatic ring is 1. The van der Waals surface area contributed by atoms with Crippen LogP contribution in [-0.2, 0) is 0 Å². The van der Waals surface area contributed by atoms with E-state index in [1.165, 1.54) is 12.8 Å². The minimum Gasteiger partial charge on any atom is -0.440 e. The molecular weight excluding hydrogens is 188 g/mol. The number of nitrogens with two attached hydrogens (primary N) is 1. The molecule has 3 nitrogen and oxygen atoms in total. The Bertz CT molecular complexity index is 538. The van der Waals surface area contributed by atoms with E-state index in [2.05, 4.69) is 4.98 Å². The molecule has 1 saturated carbocycles. The Kier molecular flexibility index (Phi) is 1.61. The van der Waals surface area contributed by atoms with Crippen molar-refractivity contribution in [3.05, 3.63) is 23.1 Å². The molecule has 0 unspecified atom stereocenters. The van der Waals surface area contributed by atoms with Crippen molar-refractivity contribution in [2.75, 3.05) is 5.73 Å². The van der Waals surface area contributed by atoms with Crippen molar-refractivity contribution in [2.45, 2.75) is 32.6 Å². The molecule has 78 valence electrons. The molecule has 1 aliphatic rings. The number of aromatic nitrogens is 1. The molecule has 0 saturated heterocycles. The zero-order chi connectivity index (χ0) is 10.6. The fourth-order valence-electron chi connectivity index (χ4n) is 1.92. The molecule has 0 spiro atoms. The molecule has 1 aromatic heterocycles. The van der Waals surface area contributed by atoms with Crippen molar-refractivity contribution in [1.29, 1.82) is 0 Å². The second-order valence-electron chi connectivity index (χ2n) is 4.41. The maximum absolute atomic E-state index is 5.97. The van der Waals surface area contributed by atoms with E-state index in [4.69, 9.17) is 10.2 Å². The fraction of sp³-hybridized carbons (Fsp3) is 0.417. The van der Waals surface area contributed by atoms with Gasteiger partial charge in [-0.15, -0.1) is 0 Å². The molecule has 0 radical (unpaired) electrons. The summed E-state index contributed by atoms with van der Waals surface area (Å²) in [5.74, 6) is 1.44. The maximum atomic E-state index is 5.97. The van der Waals surface area contributed by atoms with Gasteiger partial charge in [0.2, 0.25) is 0 Å². The van der Waals surface area contributed by atoms with Crippen molar-refractivity contribution in [3.8, 4) is 0 Å². The summed E-state index contributed by atoms with van der Waals surface area (Å²) < 4.78 is 5.74. The highest BCUT2D eigenvalue weighted by Crippen LogP contribution is 2.41. The van der Waals surface area contributed by atoms with Crippen molar-refractivity contribution in [2.24, 2.45) is 0 Å². The Hall–Kier alpha value is -1.51. The van der Waals surface area contributed by atoms with Crippen molar-refractivity contribution in [1.82, 2.24) is 4.98 Å². The molecule has 2 aromatic rings. The Morgan fingerprint density at radius 1 is 1.40 bits per heavy atom. The van der Waals surface area contributed by atoms with Gasteiger partial charge < -0.3 is 10.2 Å². The Morgan fingerprint density at radius 2 is 2.13 bits per heavy atom. The summed E-state index contributed by atoms with van der Waals surface area (Å²) in [7, 11) is 0. The number of nitrogens with zero attached hydrogens (tertiary/aromatic N) is 1. The zero-order valence-corrected chi connectivity index (χ0v) is 9.00. The fourth-order valence-corrected chi connectivity index (χ4v) is 1.92. The summed E-state index contributed by atoms with van der Waals surface area (Å²) in [5, 5.41) is 0. The highest BCUT2D eigenvalue weighted by molar-refractivity contribution is 5.83. The third kappa shape index (κ3) is 1.23. The molecule has 1 fully saturated rings. The van der Waals surface area contributed by atoms with Gasteiger partial charge in [0, 0.05) is 17.2 Å². The third-order valence-corrected chi connectivity index (χ3v) is 3.13. The lowest BCUT2D eigenvalue weighted by Crippen LogP contribution is -1.93. The molecule has 3 rings (SSSR count). The first kappa shape index (κ1) is 8.77. The summed E-state index contributed by atoms with van der Waals surface area (Å²) >= 11 is 0. The first-order valence-corrected chi connectivity index (χ1v) is 5.33. The summed E-state index contributed by atoms with van der Waals surface area (Å²) in [6.07, 6.45) is 2.42. The zero-order valence-electron chi connectivity index (χ0n) is 9.00. The summed E-state index contributed by atoms with van der Waals surface area (Å²) in [6, 6.07) is 1.98. The Balaban J connectivity index is 2.29. The topological polar surface area (TPSA) is 52.0 Å². The summed E-state index contributed by atoms with van der Waals surface area (Å²) in [6.45, 7) is 4.00. The predicted octanol–water partition coefficient (Wildman–Crippen LogP) is 2.90. The van der Waals surface area contributed by atoms with Gasteiger partial charge in [-0.3, -0.25) is 0 Å². The third-order valence-electron chi connectivity index (χ3n) is 3.13. The van der Waals surface area contributed by atoms with Crippen LogP contribution in [0.5, 0.6) is 0 Å². The standard InChI is InChI=1S/C12H14N2O/c1-6-5-9-11(7(2)10(6)13)14-12(15-9)8-3-4-8/h5,8H,3-4,13H2,1-2H3. The normalized spacial score (nSPS) is 16.1. The van der Waals surface area contributed by atoms with E-state index in [1.54, 1.807) is 0 Å². The van der Waals surface area contributed by atoms with Crippen LogP contribution in [0.25, 0.3) is 11.1 Å². The summed E-state index contributed by atoms with van der Waals surface area (Å²) in [4.78, 5) is 4.53. The predicted molar refractivity (Wildman–Crippen MR) is 59.9 cm³/mol. The van der Waals surface area contributed by atoms with E-state index < -0.39 is 0 Å². The van der Waals surface area contributed by atoms with Gasteiger partial charge in [0.05, 0.1) is 0 Å². The van der Waals surface area contributed by atoms with Gasteiger partial charge in [-0.25, -0.2) is 4.98 Å². The van der Waals surface area contributed by atoms with Crippen molar-refractivity contribution in [3.63, 3.8) is 0 Å². The minimum absolute atomic E-state index is 0.554. The van der Waals surface area contributed by atoms with Crippen LogP contribution in [0.1, 0.15) is 35.8 Å². The molecule has 2 N–H and O–H groups in total. The molecule has 0 amide bonds. The van der Waals surface area contributed by atoms with E-state index >= 15 is 0 Å². The average molecular weight is 202 g/mol. The average Bonchev–Trinajstić information content (AvgIpc) is 2.97. The van der Waals surface area contributed by atoms with Gasteiger partial charge >= 0.3 is 0 Å². The number of hydrogen-bond donors (Lipinski definition) is 1. The molecule has 3 heteroatoms. The molecule has 0 bridgehead atoms. The Labute approximate surface area is 88.3 Å². The van der Waals surface area contributed by atoms with Crippen LogP contribution < -0.4 is 5.73 Å². The molecule has 0 aliphatic heterocycles. The van der Waals surface area contributed by atoms with Gasteiger partial charge in [0.15, 0.2) is 11.5 Å². The van der Waals surface area contributed by atoms with Crippen LogP contribution >= 0.6 is 0 Å². The van der Waals surface area contributed by atoms with Crippen LogP contribution in [0.2, 0.25) is 0 Å². The molecule has 15 heavy (non-hydrogen) atoms. The van der Waals surface area contributed by atoms with Crippen molar-refractivity contribution >= 4 is 16.8 Å². The monoisotopic (exact) mass is 202 g/mol. The van der Waals surface area contributed by atoms with E-state index in [1.807, 2.05) is 19.9 Å². The smallest absolute Gasteiger partial charge is 0.198 e.